The third-order valence-electron chi connectivity index (χ3n) is 2.72. The maximum absolute atomic E-state index is 9.74. The van der Waals surface area contributed by atoms with Gasteiger partial charge in [0.2, 0.25) is 0 Å². The van der Waals surface area contributed by atoms with Crippen LogP contribution < -0.4 is 10.1 Å². The lowest BCUT2D eigenvalue weighted by molar-refractivity contribution is 0.176. The van der Waals surface area contributed by atoms with Crippen LogP contribution in [0.25, 0.3) is 0 Å². The number of hydrogen-bond donors (Lipinski definition) is 2. The van der Waals surface area contributed by atoms with E-state index in [-0.39, 0.29) is 12.0 Å². The summed E-state index contributed by atoms with van der Waals surface area (Å²) < 4.78 is 5.27. The molecule has 1 aromatic rings. The van der Waals surface area contributed by atoms with Crippen molar-refractivity contribution in [2.75, 3.05) is 20.2 Å². The third kappa shape index (κ3) is 1.61. The van der Waals surface area contributed by atoms with Gasteiger partial charge in [-0.2, -0.15) is 0 Å². The molecule has 0 saturated carbocycles. The van der Waals surface area contributed by atoms with E-state index in [1.165, 1.54) is 0 Å². The molecule has 1 heterocycles. The van der Waals surface area contributed by atoms with Gasteiger partial charge in [-0.05, 0) is 6.07 Å². The van der Waals surface area contributed by atoms with Crippen molar-refractivity contribution in [3.05, 3.63) is 29.8 Å². The smallest absolute Gasteiger partial charge is 0.122 e. The molecule has 3 heteroatoms. The minimum absolute atomic E-state index is 0.158. The Balaban J connectivity index is 2.30. The topological polar surface area (TPSA) is 41.5 Å². The Hall–Kier alpha value is -1.06. The summed E-state index contributed by atoms with van der Waals surface area (Å²) >= 11 is 0. The van der Waals surface area contributed by atoms with Gasteiger partial charge in [-0.25, -0.2) is 0 Å². The Kier molecular flexibility index (Phi) is 2.70. The molecule has 2 N–H and O–H groups in total. The number of rotatable bonds is 2. The summed E-state index contributed by atoms with van der Waals surface area (Å²) in [5.41, 5.74) is 1.09. The molecule has 3 nitrogen and oxygen atoms in total. The van der Waals surface area contributed by atoms with E-state index in [1.807, 2.05) is 24.3 Å². The Labute approximate surface area is 83.7 Å². The first kappa shape index (κ1) is 9.49. The van der Waals surface area contributed by atoms with Gasteiger partial charge in [0.1, 0.15) is 5.75 Å². The van der Waals surface area contributed by atoms with Crippen LogP contribution >= 0.6 is 0 Å². The van der Waals surface area contributed by atoms with Crippen molar-refractivity contribution in [1.82, 2.24) is 5.32 Å². The van der Waals surface area contributed by atoms with Crippen LogP contribution in [0, 0.1) is 0 Å². The van der Waals surface area contributed by atoms with Gasteiger partial charge in [0.05, 0.1) is 13.2 Å². The summed E-state index contributed by atoms with van der Waals surface area (Å²) in [7, 11) is 1.66. The van der Waals surface area contributed by atoms with Gasteiger partial charge in [-0.1, -0.05) is 18.2 Å². The van der Waals surface area contributed by atoms with Crippen molar-refractivity contribution in [1.29, 1.82) is 0 Å². The Morgan fingerprint density at radius 1 is 1.36 bits per heavy atom. The van der Waals surface area contributed by atoms with Gasteiger partial charge in [0.25, 0.3) is 0 Å². The number of ether oxygens (including phenoxy) is 1. The summed E-state index contributed by atoms with van der Waals surface area (Å²) in [6.07, 6.45) is -0.300. The van der Waals surface area contributed by atoms with E-state index < -0.39 is 0 Å². The van der Waals surface area contributed by atoms with Gasteiger partial charge in [0.15, 0.2) is 0 Å². The molecule has 0 radical (unpaired) electrons. The molecule has 0 aromatic heterocycles. The second kappa shape index (κ2) is 3.98. The van der Waals surface area contributed by atoms with Crippen molar-refractivity contribution < 1.29 is 9.84 Å². The predicted octanol–water partition coefficient (Wildman–Crippen LogP) is 0.743. The number of hydrogen-bond acceptors (Lipinski definition) is 3. The molecule has 14 heavy (non-hydrogen) atoms. The van der Waals surface area contributed by atoms with Crippen molar-refractivity contribution in [2.24, 2.45) is 0 Å². The van der Waals surface area contributed by atoms with Gasteiger partial charge in [-0.15, -0.1) is 0 Å². The maximum Gasteiger partial charge on any atom is 0.122 e. The molecule has 0 amide bonds. The monoisotopic (exact) mass is 193 g/mol. The zero-order valence-corrected chi connectivity index (χ0v) is 8.23. The second-order valence-electron chi connectivity index (χ2n) is 3.57. The predicted molar refractivity (Wildman–Crippen MR) is 54.6 cm³/mol. The fraction of sp³-hybridized carbons (Fsp3) is 0.455. The Morgan fingerprint density at radius 2 is 2.14 bits per heavy atom. The quantitative estimate of drug-likeness (QED) is 0.728. The number of nitrogens with one attached hydrogen (secondary N) is 1. The molecule has 0 unspecified atom stereocenters. The number of para-hydroxylation sites is 1. The molecule has 1 saturated heterocycles. The summed E-state index contributed by atoms with van der Waals surface area (Å²) in [6, 6.07) is 7.86. The number of benzene rings is 1. The maximum atomic E-state index is 9.74. The van der Waals surface area contributed by atoms with E-state index in [2.05, 4.69) is 5.32 Å². The van der Waals surface area contributed by atoms with Crippen LogP contribution in [0.4, 0.5) is 0 Å². The minimum Gasteiger partial charge on any atom is -0.496 e. The van der Waals surface area contributed by atoms with Gasteiger partial charge < -0.3 is 15.2 Å². The number of methoxy groups -OCH3 is 1. The van der Waals surface area contributed by atoms with Gasteiger partial charge in [0, 0.05) is 24.6 Å². The zero-order valence-electron chi connectivity index (χ0n) is 8.23. The van der Waals surface area contributed by atoms with E-state index in [0.29, 0.717) is 6.54 Å². The lowest BCUT2D eigenvalue weighted by Crippen LogP contribution is -2.16. The van der Waals surface area contributed by atoms with E-state index in [9.17, 15) is 5.11 Å². The normalized spacial score (nSPS) is 26.4. The fourth-order valence-corrected chi connectivity index (χ4v) is 1.95. The van der Waals surface area contributed by atoms with Crippen LogP contribution in [-0.4, -0.2) is 31.4 Å². The van der Waals surface area contributed by atoms with Crippen molar-refractivity contribution in [3.63, 3.8) is 0 Å². The zero-order chi connectivity index (χ0) is 9.97. The van der Waals surface area contributed by atoms with Gasteiger partial charge in [-0.3, -0.25) is 0 Å². The van der Waals surface area contributed by atoms with Crippen LogP contribution in [0.3, 0.4) is 0 Å². The molecule has 1 aliphatic heterocycles. The van der Waals surface area contributed by atoms with E-state index in [4.69, 9.17) is 4.74 Å². The van der Waals surface area contributed by atoms with Crippen LogP contribution in [0.1, 0.15) is 11.5 Å². The SMILES string of the molecule is COc1ccccc1[C@@H]1CNC[C@H]1O. The lowest BCUT2D eigenvalue weighted by atomic mass is 9.95. The second-order valence-corrected chi connectivity index (χ2v) is 3.57. The first-order chi connectivity index (χ1) is 6.83. The standard InChI is InChI=1S/C11H15NO2/c1-14-11-5-3-2-4-8(11)9-6-12-7-10(9)13/h2-5,9-10,12-13H,6-7H2,1H3/t9-,10+/m0/s1. The highest BCUT2D eigenvalue weighted by atomic mass is 16.5. The summed E-state index contributed by atoms with van der Waals surface area (Å²) in [5.74, 6) is 1.02. The van der Waals surface area contributed by atoms with Crippen LogP contribution in [0.5, 0.6) is 5.75 Å². The van der Waals surface area contributed by atoms with Crippen molar-refractivity contribution >= 4 is 0 Å². The molecule has 76 valence electrons. The fourth-order valence-electron chi connectivity index (χ4n) is 1.95. The Morgan fingerprint density at radius 3 is 2.79 bits per heavy atom. The summed E-state index contributed by atoms with van der Waals surface area (Å²) in [6.45, 7) is 1.49. The molecule has 2 rings (SSSR count). The lowest BCUT2D eigenvalue weighted by Gasteiger charge is -2.16. The first-order valence-corrected chi connectivity index (χ1v) is 4.84. The molecule has 1 aromatic carbocycles. The molecule has 1 aliphatic rings. The molecular formula is C11H15NO2. The van der Waals surface area contributed by atoms with Gasteiger partial charge >= 0.3 is 0 Å². The number of aliphatic hydroxyl groups excluding tert-OH is 1. The molecule has 0 spiro atoms. The highest BCUT2D eigenvalue weighted by Gasteiger charge is 2.28. The molecule has 1 fully saturated rings. The average molecular weight is 193 g/mol. The van der Waals surface area contributed by atoms with E-state index >= 15 is 0 Å². The number of β-amino-alcohol motifs (C(OH)–C–C–N with tert-alkyl or cyclic N) is 1. The summed E-state index contributed by atoms with van der Waals surface area (Å²) in [4.78, 5) is 0. The molecule has 0 bridgehead atoms. The first-order valence-electron chi connectivity index (χ1n) is 4.84. The van der Waals surface area contributed by atoms with Crippen LogP contribution in [0.15, 0.2) is 24.3 Å². The third-order valence-corrected chi connectivity index (χ3v) is 2.72. The molecule has 2 atom stereocenters. The van der Waals surface area contributed by atoms with Crippen LogP contribution in [0.2, 0.25) is 0 Å². The van der Waals surface area contributed by atoms with Crippen LogP contribution in [-0.2, 0) is 0 Å². The van der Waals surface area contributed by atoms with E-state index in [1.54, 1.807) is 7.11 Å². The number of aliphatic hydroxyl groups is 1. The average Bonchev–Trinajstić information content (AvgIpc) is 2.64. The largest absolute Gasteiger partial charge is 0.496 e. The van der Waals surface area contributed by atoms with Crippen molar-refractivity contribution in [2.45, 2.75) is 12.0 Å². The summed E-state index contributed by atoms with van der Waals surface area (Å²) in [5, 5.41) is 12.9. The van der Waals surface area contributed by atoms with Crippen molar-refractivity contribution in [3.8, 4) is 5.75 Å². The molecule has 0 aliphatic carbocycles. The minimum atomic E-state index is -0.300. The highest BCUT2D eigenvalue weighted by Crippen LogP contribution is 2.30. The molecular weight excluding hydrogens is 178 g/mol. The Bertz CT molecular complexity index is 314. The highest BCUT2D eigenvalue weighted by molar-refractivity contribution is 5.37. The van der Waals surface area contributed by atoms with E-state index in [0.717, 1.165) is 17.9 Å².